The van der Waals surface area contributed by atoms with Gasteiger partial charge in [0.1, 0.15) is 5.65 Å². The van der Waals surface area contributed by atoms with Gasteiger partial charge in [-0.2, -0.15) is 0 Å². The second-order valence-corrected chi connectivity index (χ2v) is 10.0. The monoisotopic (exact) mass is 470 g/mol. The number of fused-ring (bicyclic) bond motifs is 2. The van der Waals surface area contributed by atoms with E-state index in [2.05, 4.69) is 23.8 Å². The number of ketones is 2. The first-order valence-electron chi connectivity index (χ1n) is 12.4. The van der Waals surface area contributed by atoms with Crippen LogP contribution in [0.15, 0.2) is 84.3 Å². The summed E-state index contributed by atoms with van der Waals surface area (Å²) in [5.41, 5.74) is 4.44. The minimum absolute atomic E-state index is 0.0303. The van der Waals surface area contributed by atoms with Crippen LogP contribution in [-0.2, 0) is 22.4 Å². The Morgan fingerprint density at radius 2 is 1.91 bits per heavy atom. The number of aryl methyl sites for hydroxylation is 2. The molecule has 1 unspecified atom stereocenters. The summed E-state index contributed by atoms with van der Waals surface area (Å²) in [6.45, 7) is 7.55. The first kappa shape index (κ1) is 24.8. The Kier molecular flexibility index (Phi) is 7.46. The minimum atomic E-state index is -0.801. The van der Waals surface area contributed by atoms with Crippen molar-refractivity contribution in [2.24, 2.45) is 5.92 Å². The summed E-state index contributed by atoms with van der Waals surface area (Å²) in [7, 11) is 0. The number of allylic oxidation sites excluding steroid dienone is 8. The van der Waals surface area contributed by atoms with E-state index in [1.165, 1.54) is 11.6 Å². The summed E-state index contributed by atoms with van der Waals surface area (Å²) in [6, 6.07) is 4.13. The quantitative estimate of drug-likeness (QED) is 0.350. The lowest BCUT2D eigenvalue weighted by Crippen LogP contribution is -2.20. The number of Topliss-reactive ketones (excluding diaryl/α,β-unsaturated/α-hetero) is 1. The van der Waals surface area contributed by atoms with Gasteiger partial charge >= 0.3 is 0 Å². The molecule has 0 radical (unpaired) electrons. The second-order valence-electron chi connectivity index (χ2n) is 10.0. The third kappa shape index (κ3) is 6.23. The molecule has 4 rings (SSSR count). The van der Waals surface area contributed by atoms with Crippen LogP contribution in [0.3, 0.4) is 0 Å². The van der Waals surface area contributed by atoms with Crippen molar-refractivity contribution in [3.8, 4) is 0 Å². The van der Waals surface area contributed by atoms with E-state index in [-0.39, 0.29) is 17.5 Å². The van der Waals surface area contributed by atoms with Crippen molar-refractivity contribution < 1.29 is 14.7 Å². The van der Waals surface area contributed by atoms with Crippen LogP contribution in [0.25, 0.3) is 5.65 Å². The normalized spacial score (nSPS) is 17.3. The third-order valence-electron chi connectivity index (χ3n) is 6.79. The van der Waals surface area contributed by atoms with E-state index in [0.29, 0.717) is 18.4 Å². The molecule has 0 aromatic carbocycles. The van der Waals surface area contributed by atoms with Gasteiger partial charge in [0.05, 0.1) is 17.2 Å². The molecule has 35 heavy (non-hydrogen) atoms. The minimum Gasteiger partial charge on any atom is -0.386 e. The van der Waals surface area contributed by atoms with Crippen LogP contribution in [0.4, 0.5) is 0 Å². The first-order valence-corrected chi connectivity index (χ1v) is 12.4. The van der Waals surface area contributed by atoms with Gasteiger partial charge in [-0.1, -0.05) is 43.4 Å². The molecule has 2 aromatic heterocycles. The fourth-order valence-corrected chi connectivity index (χ4v) is 4.47. The molecule has 0 aliphatic heterocycles. The van der Waals surface area contributed by atoms with Gasteiger partial charge in [0, 0.05) is 24.4 Å². The molecule has 1 atom stereocenters. The van der Waals surface area contributed by atoms with Gasteiger partial charge in [-0.15, -0.1) is 0 Å². The number of pyridine rings is 1. The molecule has 5 heteroatoms. The highest BCUT2D eigenvalue weighted by Crippen LogP contribution is 2.27. The Labute approximate surface area is 207 Å². The molecule has 182 valence electrons. The van der Waals surface area contributed by atoms with Crippen molar-refractivity contribution in [1.29, 1.82) is 0 Å². The number of aromatic nitrogens is 2. The fourth-order valence-electron chi connectivity index (χ4n) is 4.47. The van der Waals surface area contributed by atoms with Crippen LogP contribution < -0.4 is 0 Å². The van der Waals surface area contributed by atoms with Gasteiger partial charge < -0.3 is 9.51 Å². The molecule has 0 saturated heterocycles. The van der Waals surface area contributed by atoms with Crippen molar-refractivity contribution in [1.82, 2.24) is 9.38 Å². The van der Waals surface area contributed by atoms with Crippen LogP contribution in [0.1, 0.15) is 57.2 Å². The van der Waals surface area contributed by atoms with Crippen LogP contribution >= 0.6 is 0 Å². The highest BCUT2D eigenvalue weighted by atomic mass is 16.3. The van der Waals surface area contributed by atoms with E-state index in [4.69, 9.17) is 0 Å². The standard InChI is InChI=1S/C30H34N2O3/c1-21(30(2,3)35)9-5-4-6-10-22-13-16-29-31-25(20-32(29)19-22)14-15-27(33)24-17-23-11-7-8-12-26(23)28(34)18-24/h7-8,11-13,16-20,26,35H,1,4-6,9-10,14-15H2,2-3H3. The second kappa shape index (κ2) is 10.5. The Morgan fingerprint density at radius 3 is 2.71 bits per heavy atom. The van der Waals surface area contributed by atoms with Gasteiger partial charge in [0.2, 0.25) is 0 Å². The summed E-state index contributed by atoms with van der Waals surface area (Å²) in [6.07, 6.45) is 20.8. The molecule has 0 saturated carbocycles. The summed E-state index contributed by atoms with van der Waals surface area (Å²) in [5.74, 6) is -0.317. The molecule has 2 aliphatic rings. The van der Waals surface area contributed by atoms with Crippen molar-refractivity contribution in [2.45, 2.75) is 64.4 Å². The number of imidazole rings is 1. The Bertz CT molecular complexity index is 1260. The van der Waals surface area contributed by atoms with E-state index in [0.717, 1.165) is 54.6 Å². The van der Waals surface area contributed by atoms with Crippen LogP contribution in [0.2, 0.25) is 0 Å². The maximum absolute atomic E-state index is 12.8. The number of rotatable bonds is 11. The van der Waals surface area contributed by atoms with Crippen molar-refractivity contribution in [3.05, 3.63) is 95.5 Å². The van der Waals surface area contributed by atoms with E-state index in [9.17, 15) is 14.7 Å². The smallest absolute Gasteiger partial charge is 0.167 e. The van der Waals surface area contributed by atoms with Crippen LogP contribution in [-0.4, -0.2) is 31.7 Å². The van der Waals surface area contributed by atoms with Gasteiger partial charge in [-0.25, -0.2) is 4.98 Å². The zero-order chi connectivity index (χ0) is 25.0. The predicted octanol–water partition coefficient (Wildman–Crippen LogP) is 5.44. The summed E-state index contributed by atoms with van der Waals surface area (Å²) < 4.78 is 2.03. The zero-order valence-corrected chi connectivity index (χ0v) is 20.7. The number of carbonyl (C=O) groups is 2. The van der Waals surface area contributed by atoms with E-state index < -0.39 is 5.60 Å². The zero-order valence-electron chi connectivity index (χ0n) is 20.7. The van der Waals surface area contributed by atoms with Gasteiger partial charge in [0.25, 0.3) is 0 Å². The number of hydrogen-bond acceptors (Lipinski definition) is 4. The summed E-state index contributed by atoms with van der Waals surface area (Å²) >= 11 is 0. The Hall–Kier alpha value is -3.31. The number of carbonyl (C=O) groups excluding carboxylic acids is 2. The highest BCUT2D eigenvalue weighted by Gasteiger charge is 2.25. The van der Waals surface area contributed by atoms with Gasteiger partial charge in [-0.05, 0) is 80.9 Å². The summed E-state index contributed by atoms with van der Waals surface area (Å²) in [5, 5.41) is 9.96. The van der Waals surface area contributed by atoms with Gasteiger partial charge in [-0.3, -0.25) is 9.59 Å². The van der Waals surface area contributed by atoms with Crippen LogP contribution in [0.5, 0.6) is 0 Å². The lowest BCUT2D eigenvalue weighted by atomic mass is 9.83. The SMILES string of the molecule is C=C(CCCCCc1ccc2nc(CCC(=O)C3=CC(=O)C4C=CC=CC4=C3)cn2c1)C(C)(C)O. The lowest BCUT2D eigenvalue weighted by molar-refractivity contribution is -0.118. The lowest BCUT2D eigenvalue weighted by Gasteiger charge is -2.20. The van der Waals surface area contributed by atoms with Crippen LogP contribution in [0, 0.1) is 5.92 Å². The predicted molar refractivity (Wildman–Crippen MR) is 139 cm³/mol. The largest absolute Gasteiger partial charge is 0.386 e. The number of hydrogen-bond donors (Lipinski definition) is 1. The molecule has 2 aromatic rings. The molecule has 0 spiro atoms. The average Bonchev–Trinajstić information content (AvgIpc) is 3.23. The molecular formula is C30H34N2O3. The fraction of sp³-hybridized carbons (Fsp3) is 0.367. The molecule has 0 bridgehead atoms. The molecule has 0 fully saturated rings. The van der Waals surface area contributed by atoms with Crippen molar-refractivity contribution in [3.63, 3.8) is 0 Å². The van der Waals surface area contributed by atoms with Crippen molar-refractivity contribution >= 4 is 17.2 Å². The van der Waals surface area contributed by atoms with E-state index in [1.54, 1.807) is 13.8 Å². The maximum atomic E-state index is 12.8. The number of unbranched alkanes of at least 4 members (excludes halogenated alkanes) is 2. The maximum Gasteiger partial charge on any atom is 0.167 e. The third-order valence-corrected chi connectivity index (χ3v) is 6.79. The molecule has 2 aliphatic carbocycles. The molecular weight excluding hydrogens is 436 g/mol. The topological polar surface area (TPSA) is 71.7 Å². The molecule has 2 heterocycles. The highest BCUT2D eigenvalue weighted by molar-refractivity contribution is 6.09. The van der Waals surface area contributed by atoms with Crippen molar-refractivity contribution in [2.75, 3.05) is 0 Å². The molecule has 1 N–H and O–H groups in total. The van der Waals surface area contributed by atoms with Gasteiger partial charge in [0.15, 0.2) is 11.6 Å². The Balaban J connectivity index is 1.28. The first-order chi connectivity index (χ1) is 16.7. The molecule has 0 amide bonds. The molecule has 5 nitrogen and oxygen atoms in total. The Morgan fingerprint density at radius 1 is 1.09 bits per heavy atom. The average molecular weight is 471 g/mol. The van der Waals surface area contributed by atoms with E-state index >= 15 is 0 Å². The number of nitrogens with zero attached hydrogens (tertiary/aromatic N) is 2. The summed E-state index contributed by atoms with van der Waals surface area (Å²) in [4.78, 5) is 29.8. The van der Waals surface area contributed by atoms with E-state index in [1.807, 2.05) is 47.0 Å². The number of aliphatic hydroxyl groups is 1.